The van der Waals surface area contributed by atoms with Crippen molar-refractivity contribution in [1.29, 1.82) is 0 Å². The van der Waals surface area contributed by atoms with Crippen molar-refractivity contribution in [1.82, 2.24) is 4.98 Å². The molecule has 0 bridgehead atoms. The van der Waals surface area contributed by atoms with E-state index in [0.717, 1.165) is 16.5 Å². The van der Waals surface area contributed by atoms with Gasteiger partial charge >= 0.3 is 0 Å². The SMILES string of the molecule is Cc1ccc(Cl)cc1NC(=O)C(=O)c1c(C)[nH]c2ccccc12. The lowest BCUT2D eigenvalue weighted by atomic mass is 10.1. The van der Waals surface area contributed by atoms with Crippen LogP contribution in [0.5, 0.6) is 0 Å². The highest BCUT2D eigenvalue weighted by Crippen LogP contribution is 2.24. The van der Waals surface area contributed by atoms with Crippen LogP contribution in [0.2, 0.25) is 5.02 Å². The second-order valence-electron chi connectivity index (χ2n) is 5.41. The Morgan fingerprint density at radius 1 is 1.09 bits per heavy atom. The fourth-order valence-corrected chi connectivity index (χ4v) is 2.76. The molecule has 0 atom stereocenters. The van der Waals surface area contributed by atoms with Crippen LogP contribution in [0.3, 0.4) is 0 Å². The van der Waals surface area contributed by atoms with Gasteiger partial charge in [0.1, 0.15) is 0 Å². The number of fused-ring (bicyclic) bond motifs is 1. The quantitative estimate of drug-likeness (QED) is 0.558. The third kappa shape index (κ3) is 2.85. The van der Waals surface area contributed by atoms with Gasteiger partial charge in [-0.3, -0.25) is 9.59 Å². The highest BCUT2D eigenvalue weighted by Gasteiger charge is 2.23. The first-order valence-electron chi connectivity index (χ1n) is 7.16. The van der Waals surface area contributed by atoms with Crippen LogP contribution in [0.25, 0.3) is 10.9 Å². The van der Waals surface area contributed by atoms with E-state index >= 15 is 0 Å². The van der Waals surface area contributed by atoms with Crippen molar-refractivity contribution < 1.29 is 9.59 Å². The summed E-state index contributed by atoms with van der Waals surface area (Å²) >= 11 is 5.94. The lowest BCUT2D eigenvalue weighted by Crippen LogP contribution is -2.23. The summed E-state index contributed by atoms with van der Waals surface area (Å²) in [6.07, 6.45) is 0. The summed E-state index contributed by atoms with van der Waals surface area (Å²) < 4.78 is 0. The second-order valence-corrected chi connectivity index (χ2v) is 5.85. The largest absolute Gasteiger partial charge is 0.358 e. The summed E-state index contributed by atoms with van der Waals surface area (Å²) in [4.78, 5) is 28.1. The Kier molecular flexibility index (Phi) is 3.92. The Bertz CT molecular complexity index is 928. The molecule has 1 heterocycles. The molecule has 23 heavy (non-hydrogen) atoms. The zero-order valence-electron chi connectivity index (χ0n) is 12.7. The van der Waals surface area contributed by atoms with Gasteiger partial charge in [0, 0.05) is 27.3 Å². The van der Waals surface area contributed by atoms with Crippen LogP contribution in [0.1, 0.15) is 21.6 Å². The first kappa shape index (κ1) is 15.3. The standard InChI is InChI=1S/C18H15ClN2O2/c1-10-7-8-12(19)9-15(10)21-18(23)17(22)16-11(2)20-14-6-4-3-5-13(14)16/h3-9,20H,1-2H3,(H,21,23). The van der Waals surface area contributed by atoms with Gasteiger partial charge in [-0.15, -0.1) is 0 Å². The van der Waals surface area contributed by atoms with Crippen molar-refractivity contribution in [2.45, 2.75) is 13.8 Å². The summed E-state index contributed by atoms with van der Waals surface area (Å²) in [6.45, 7) is 3.62. The first-order valence-corrected chi connectivity index (χ1v) is 7.54. The fraction of sp³-hybridized carbons (Fsp3) is 0.111. The van der Waals surface area contributed by atoms with Gasteiger partial charge in [0.05, 0.1) is 5.56 Å². The molecular formula is C18H15ClN2O2. The van der Waals surface area contributed by atoms with E-state index in [0.29, 0.717) is 22.0 Å². The molecule has 0 unspecified atom stereocenters. The number of aromatic nitrogens is 1. The molecule has 0 saturated heterocycles. The maximum atomic E-state index is 12.6. The van der Waals surface area contributed by atoms with E-state index in [1.807, 2.05) is 31.2 Å². The molecule has 0 aliphatic heterocycles. The van der Waals surface area contributed by atoms with Gasteiger partial charge in [-0.2, -0.15) is 0 Å². The minimum atomic E-state index is -0.678. The van der Waals surface area contributed by atoms with E-state index in [1.165, 1.54) is 0 Å². The lowest BCUT2D eigenvalue weighted by Gasteiger charge is -2.08. The van der Waals surface area contributed by atoms with Crippen molar-refractivity contribution >= 4 is 39.9 Å². The number of nitrogens with one attached hydrogen (secondary N) is 2. The molecule has 0 aliphatic rings. The number of hydrogen-bond donors (Lipinski definition) is 2. The van der Waals surface area contributed by atoms with Crippen molar-refractivity contribution in [3.8, 4) is 0 Å². The van der Waals surface area contributed by atoms with E-state index in [4.69, 9.17) is 11.6 Å². The summed E-state index contributed by atoms with van der Waals surface area (Å²) in [6, 6.07) is 12.6. The van der Waals surface area contributed by atoms with Crippen LogP contribution in [-0.4, -0.2) is 16.7 Å². The summed E-state index contributed by atoms with van der Waals surface area (Å²) in [5.74, 6) is -1.25. The molecule has 0 fully saturated rings. The van der Waals surface area contributed by atoms with E-state index in [9.17, 15) is 9.59 Å². The number of rotatable bonds is 3. The normalized spacial score (nSPS) is 10.7. The molecule has 0 aliphatic carbocycles. The Morgan fingerprint density at radius 3 is 2.61 bits per heavy atom. The average molecular weight is 327 g/mol. The van der Waals surface area contributed by atoms with Crippen LogP contribution >= 0.6 is 11.6 Å². The number of ketones is 1. The Morgan fingerprint density at radius 2 is 1.83 bits per heavy atom. The van der Waals surface area contributed by atoms with Crippen LogP contribution in [0.4, 0.5) is 5.69 Å². The molecule has 0 spiro atoms. The molecule has 1 amide bonds. The fourth-order valence-electron chi connectivity index (χ4n) is 2.59. The number of anilines is 1. The number of hydrogen-bond acceptors (Lipinski definition) is 2. The number of benzene rings is 2. The van der Waals surface area contributed by atoms with Crippen LogP contribution in [0.15, 0.2) is 42.5 Å². The minimum Gasteiger partial charge on any atom is -0.358 e. The number of aromatic amines is 1. The number of aryl methyl sites for hydroxylation is 2. The van der Waals surface area contributed by atoms with Gasteiger partial charge in [0.25, 0.3) is 11.7 Å². The van der Waals surface area contributed by atoms with Gasteiger partial charge < -0.3 is 10.3 Å². The topological polar surface area (TPSA) is 62.0 Å². The molecule has 0 saturated carbocycles. The number of carbonyl (C=O) groups excluding carboxylic acids is 2. The van der Waals surface area contributed by atoms with Gasteiger partial charge in [-0.05, 0) is 37.6 Å². The molecule has 0 radical (unpaired) electrons. The number of halogens is 1. The van der Waals surface area contributed by atoms with Crippen molar-refractivity contribution in [2.24, 2.45) is 0 Å². The number of carbonyl (C=O) groups is 2. The summed E-state index contributed by atoms with van der Waals surface area (Å²) in [5.41, 5.74) is 3.28. The highest BCUT2D eigenvalue weighted by atomic mass is 35.5. The highest BCUT2D eigenvalue weighted by molar-refractivity contribution is 6.48. The van der Waals surface area contributed by atoms with Crippen molar-refractivity contribution in [3.05, 3.63) is 64.3 Å². The minimum absolute atomic E-state index is 0.401. The third-order valence-corrected chi connectivity index (χ3v) is 4.01. The molecule has 4 nitrogen and oxygen atoms in total. The number of H-pyrrole nitrogens is 1. The number of para-hydroxylation sites is 1. The molecular weight excluding hydrogens is 312 g/mol. The number of Topliss-reactive ketones (excluding diaryl/α,β-unsaturated/α-hetero) is 1. The molecule has 5 heteroatoms. The predicted molar refractivity (Wildman–Crippen MR) is 92.2 cm³/mol. The van der Waals surface area contributed by atoms with E-state index in [2.05, 4.69) is 10.3 Å². The Balaban J connectivity index is 1.94. The summed E-state index contributed by atoms with van der Waals surface area (Å²) in [5, 5.41) is 3.89. The van der Waals surface area contributed by atoms with Crippen molar-refractivity contribution in [2.75, 3.05) is 5.32 Å². The Labute approximate surface area is 138 Å². The molecule has 3 rings (SSSR count). The molecule has 3 aromatic rings. The number of amides is 1. The zero-order chi connectivity index (χ0) is 16.6. The van der Waals surface area contributed by atoms with Gasteiger partial charge in [0.2, 0.25) is 0 Å². The van der Waals surface area contributed by atoms with E-state index in [-0.39, 0.29) is 0 Å². The third-order valence-electron chi connectivity index (χ3n) is 3.77. The predicted octanol–water partition coefficient (Wildman–Crippen LogP) is 4.26. The van der Waals surface area contributed by atoms with E-state index < -0.39 is 11.7 Å². The lowest BCUT2D eigenvalue weighted by molar-refractivity contribution is -0.112. The van der Waals surface area contributed by atoms with Crippen LogP contribution in [0, 0.1) is 13.8 Å². The monoisotopic (exact) mass is 326 g/mol. The van der Waals surface area contributed by atoms with Gasteiger partial charge in [0.15, 0.2) is 0 Å². The molecule has 1 aromatic heterocycles. The first-order chi connectivity index (χ1) is 11.0. The maximum absolute atomic E-state index is 12.6. The van der Waals surface area contributed by atoms with E-state index in [1.54, 1.807) is 25.1 Å². The summed E-state index contributed by atoms with van der Waals surface area (Å²) in [7, 11) is 0. The Hall–Kier alpha value is -2.59. The zero-order valence-corrected chi connectivity index (χ0v) is 13.5. The molecule has 2 aromatic carbocycles. The molecule has 2 N–H and O–H groups in total. The average Bonchev–Trinajstić information content (AvgIpc) is 2.86. The van der Waals surface area contributed by atoms with Crippen LogP contribution in [-0.2, 0) is 4.79 Å². The maximum Gasteiger partial charge on any atom is 0.296 e. The molecule has 116 valence electrons. The van der Waals surface area contributed by atoms with Gasteiger partial charge in [-0.25, -0.2) is 0 Å². The van der Waals surface area contributed by atoms with Crippen molar-refractivity contribution in [3.63, 3.8) is 0 Å². The van der Waals surface area contributed by atoms with Gasteiger partial charge in [-0.1, -0.05) is 35.9 Å². The van der Waals surface area contributed by atoms with Crippen LogP contribution < -0.4 is 5.32 Å². The smallest absolute Gasteiger partial charge is 0.296 e. The second kappa shape index (κ2) is 5.89.